The Bertz CT molecular complexity index is 63.3. The van der Waals surface area contributed by atoms with Crippen molar-refractivity contribution in [3.8, 4) is 0 Å². The van der Waals surface area contributed by atoms with Crippen LogP contribution in [0.1, 0.15) is 20.3 Å². The van der Waals surface area contributed by atoms with Crippen LogP contribution >= 0.6 is 0 Å². The van der Waals surface area contributed by atoms with Crippen molar-refractivity contribution < 1.29 is 4.43 Å². The van der Waals surface area contributed by atoms with Crippen LogP contribution in [0.4, 0.5) is 0 Å². The Kier molecular flexibility index (Phi) is 4.15. The molecule has 0 rings (SSSR count). The second-order valence-corrected chi connectivity index (χ2v) is 7.12. The Morgan fingerprint density at radius 3 is 2.33 bits per heavy atom. The SMILES string of the molecule is C[CH]O[Si](C)(C)CCC. The first kappa shape index (κ1) is 9.18. The summed E-state index contributed by atoms with van der Waals surface area (Å²) in [6.45, 7) is 10.5. The maximum absolute atomic E-state index is 5.48. The van der Waals surface area contributed by atoms with Gasteiger partial charge in [0.05, 0.1) is 6.61 Å². The van der Waals surface area contributed by atoms with Crippen LogP contribution in [0.5, 0.6) is 0 Å². The molecular weight excluding hydrogens is 128 g/mol. The van der Waals surface area contributed by atoms with Gasteiger partial charge in [-0.25, -0.2) is 0 Å². The molecule has 0 spiro atoms. The molecule has 0 fully saturated rings. The predicted molar refractivity (Wildman–Crippen MR) is 43.6 cm³/mol. The highest BCUT2D eigenvalue weighted by Gasteiger charge is 2.19. The normalized spacial score (nSPS) is 12.0. The molecule has 0 aliphatic carbocycles. The van der Waals surface area contributed by atoms with Crippen molar-refractivity contribution in [3.63, 3.8) is 0 Å². The zero-order valence-corrected chi connectivity index (χ0v) is 7.90. The highest BCUT2D eigenvalue weighted by molar-refractivity contribution is 6.71. The van der Waals surface area contributed by atoms with E-state index in [4.69, 9.17) is 4.43 Å². The molecular formula is C7H17OSi. The minimum atomic E-state index is -1.26. The first-order chi connectivity index (χ1) is 4.12. The van der Waals surface area contributed by atoms with Gasteiger partial charge in [-0.3, -0.25) is 0 Å². The van der Waals surface area contributed by atoms with Crippen molar-refractivity contribution in [1.29, 1.82) is 0 Å². The lowest BCUT2D eigenvalue weighted by Gasteiger charge is -2.20. The highest BCUT2D eigenvalue weighted by Crippen LogP contribution is 2.13. The van der Waals surface area contributed by atoms with E-state index >= 15 is 0 Å². The van der Waals surface area contributed by atoms with E-state index in [0.29, 0.717) is 0 Å². The molecule has 0 unspecified atom stereocenters. The van der Waals surface area contributed by atoms with Crippen LogP contribution in [0, 0.1) is 6.61 Å². The second kappa shape index (κ2) is 4.07. The Hall–Kier alpha value is 0.177. The van der Waals surface area contributed by atoms with E-state index < -0.39 is 8.32 Å². The minimum absolute atomic E-state index is 1.24. The van der Waals surface area contributed by atoms with E-state index in [9.17, 15) is 0 Å². The maximum atomic E-state index is 5.48. The summed E-state index contributed by atoms with van der Waals surface area (Å²) in [7, 11) is -1.26. The molecule has 9 heavy (non-hydrogen) atoms. The first-order valence-electron chi connectivity index (χ1n) is 3.58. The molecule has 0 saturated heterocycles. The lowest BCUT2D eigenvalue weighted by atomic mass is 10.6. The van der Waals surface area contributed by atoms with E-state index in [1.54, 1.807) is 0 Å². The van der Waals surface area contributed by atoms with E-state index in [2.05, 4.69) is 20.0 Å². The summed E-state index contributed by atoms with van der Waals surface area (Å²) >= 11 is 0. The molecule has 55 valence electrons. The van der Waals surface area contributed by atoms with Crippen LogP contribution in [-0.2, 0) is 4.43 Å². The molecule has 0 aromatic heterocycles. The van der Waals surface area contributed by atoms with Crippen LogP contribution < -0.4 is 0 Å². The van der Waals surface area contributed by atoms with Gasteiger partial charge in [0.15, 0.2) is 8.32 Å². The average molecular weight is 145 g/mol. The molecule has 2 heteroatoms. The first-order valence-corrected chi connectivity index (χ1v) is 6.69. The Labute approximate surface area is 59.5 Å². The molecule has 1 nitrogen and oxygen atoms in total. The van der Waals surface area contributed by atoms with Crippen molar-refractivity contribution in [2.45, 2.75) is 39.4 Å². The van der Waals surface area contributed by atoms with Gasteiger partial charge in [0.2, 0.25) is 0 Å². The van der Waals surface area contributed by atoms with Crippen molar-refractivity contribution in [1.82, 2.24) is 0 Å². The summed E-state index contributed by atoms with van der Waals surface area (Å²) in [4.78, 5) is 0. The third kappa shape index (κ3) is 4.67. The molecule has 0 atom stereocenters. The van der Waals surface area contributed by atoms with E-state index in [1.807, 2.05) is 13.5 Å². The monoisotopic (exact) mass is 145 g/mol. The molecule has 0 aliphatic heterocycles. The van der Waals surface area contributed by atoms with Gasteiger partial charge in [0, 0.05) is 0 Å². The van der Waals surface area contributed by atoms with Crippen molar-refractivity contribution in [3.05, 3.63) is 6.61 Å². The summed E-state index contributed by atoms with van der Waals surface area (Å²) in [6, 6.07) is 1.26. The van der Waals surface area contributed by atoms with E-state index in [-0.39, 0.29) is 0 Å². The van der Waals surface area contributed by atoms with Gasteiger partial charge < -0.3 is 4.43 Å². The summed E-state index contributed by atoms with van der Waals surface area (Å²) < 4.78 is 5.48. The topological polar surface area (TPSA) is 9.23 Å². The summed E-state index contributed by atoms with van der Waals surface area (Å²) in [5.74, 6) is 0. The van der Waals surface area contributed by atoms with Gasteiger partial charge in [-0.05, 0) is 26.1 Å². The third-order valence-electron chi connectivity index (χ3n) is 1.29. The smallest absolute Gasteiger partial charge is 0.187 e. The highest BCUT2D eigenvalue weighted by atomic mass is 28.4. The van der Waals surface area contributed by atoms with Crippen LogP contribution in [0.3, 0.4) is 0 Å². The van der Waals surface area contributed by atoms with Crippen molar-refractivity contribution >= 4 is 8.32 Å². The fraction of sp³-hybridized carbons (Fsp3) is 0.857. The molecule has 0 saturated carbocycles. The Balaban J connectivity index is 3.43. The van der Waals surface area contributed by atoms with E-state index in [1.165, 1.54) is 12.5 Å². The van der Waals surface area contributed by atoms with Crippen LogP contribution in [0.15, 0.2) is 0 Å². The number of hydrogen-bond donors (Lipinski definition) is 0. The molecule has 0 aromatic carbocycles. The van der Waals surface area contributed by atoms with Gasteiger partial charge in [0.1, 0.15) is 0 Å². The zero-order chi connectivity index (χ0) is 7.33. The lowest BCUT2D eigenvalue weighted by molar-refractivity contribution is 0.405. The molecule has 0 N–H and O–H groups in total. The van der Waals surface area contributed by atoms with E-state index in [0.717, 1.165) is 0 Å². The molecule has 0 amide bonds. The van der Waals surface area contributed by atoms with Gasteiger partial charge in [0.25, 0.3) is 0 Å². The summed E-state index contributed by atoms with van der Waals surface area (Å²) in [6.07, 6.45) is 1.24. The second-order valence-electron chi connectivity index (χ2n) is 2.86. The Morgan fingerprint density at radius 2 is 2.00 bits per heavy atom. The summed E-state index contributed by atoms with van der Waals surface area (Å²) in [5, 5.41) is 0. The molecule has 0 aliphatic rings. The number of hydrogen-bond acceptors (Lipinski definition) is 1. The molecule has 0 heterocycles. The van der Waals surface area contributed by atoms with Crippen molar-refractivity contribution in [2.75, 3.05) is 0 Å². The molecule has 1 radical (unpaired) electrons. The van der Waals surface area contributed by atoms with Crippen LogP contribution in [0.25, 0.3) is 0 Å². The maximum Gasteiger partial charge on any atom is 0.187 e. The fourth-order valence-electron chi connectivity index (χ4n) is 0.980. The molecule has 0 bridgehead atoms. The number of rotatable bonds is 4. The predicted octanol–water partition coefficient (Wildman–Crippen LogP) is 2.80. The molecule has 0 aromatic rings. The lowest BCUT2D eigenvalue weighted by Crippen LogP contribution is -2.27. The Morgan fingerprint density at radius 1 is 1.44 bits per heavy atom. The largest absolute Gasteiger partial charge is 0.412 e. The van der Waals surface area contributed by atoms with Gasteiger partial charge in [-0.1, -0.05) is 13.3 Å². The average Bonchev–Trinajstić information content (AvgIpc) is 1.64. The van der Waals surface area contributed by atoms with Gasteiger partial charge in [-0.15, -0.1) is 0 Å². The van der Waals surface area contributed by atoms with Gasteiger partial charge in [-0.2, -0.15) is 0 Å². The van der Waals surface area contributed by atoms with Gasteiger partial charge >= 0.3 is 0 Å². The summed E-state index contributed by atoms with van der Waals surface area (Å²) in [5.41, 5.74) is 0. The third-order valence-corrected chi connectivity index (χ3v) is 3.87. The minimum Gasteiger partial charge on any atom is -0.412 e. The van der Waals surface area contributed by atoms with Crippen LogP contribution in [0.2, 0.25) is 19.1 Å². The van der Waals surface area contributed by atoms with Crippen LogP contribution in [-0.4, -0.2) is 8.32 Å². The fourth-order valence-corrected chi connectivity index (χ4v) is 2.94. The van der Waals surface area contributed by atoms with Crippen molar-refractivity contribution in [2.24, 2.45) is 0 Å². The zero-order valence-electron chi connectivity index (χ0n) is 6.90. The standard InChI is InChI=1S/C7H17OSi/c1-5-7-9(3,4)8-6-2/h6H,5,7H2,1-4H3. The quantitative estimate of drug-likeness (QED) is 0.553.